The van der Waals surface area contributed by atoms with Gasteiger partial charge in [0.15, 0.2) is 11.6 Å². The lowest BCUT2D eigenvalue weighted by atomic mass is 10.0. The Morgan fingerprint density at radius 1 is 1.29 bits per heavy atom. The Hall–Kier alpha value is -2.58. The van der Waals surface area contributed by atoms with Crippen molar-refractivity contribution in [1.82, 2.24) is 15.0 Å². The van der Waals surface area contributed by atoms with E-state index in [1.807, 2.05) is 11.0 Å². The first-order chi connectivity index (χ1) is 13.3. The lowest BCUT2D eigenvalue weighted by molar-refractivity contribution is -0.115. The predicted octanol–water partition coefficient (Wildman–Crippen LogP) is 2.34. The number of rotatable bonds is 4. The van der Waals surface area contributed by atoms with Gasteiger partial charge in [0, 0.05) is 26.3 Å². The fraction of sp³-hybridized carbons (Fsp3) is 0.500. The van der Waals surface area contributed by atoms with E-state index in [0.29, 0.717) is 23.0 Å². The fourth-order valence-electron chi connectivity index (χ4n) is 3.83. The Labute approximate surface area is 165 Å². The molecule has 0 aromatic carbocycles. The Morgan fingerprint density at radius 2 is 2.11 bits per heavy atom. The smallest absolute Gasteiger partial charge is 0.245 e. The van der Waals surface area contributed by atoms with E-state index in [4.69, 9.17) is 9.72 Å². The van der Waals surface area contributed by atoms with E-state index >= 15 is 0 Å². The van der Waals surface area contributed by atoms with Gasteiger partial charge in [-0.2, -0.15) is 0 Å². The van der Waals surface area contributed by atoms with Crippen molar-refractivity contribution in [3.8, 4) is 11.3 Å². The van der Waals surface area contributed by atoms with Crippen molar-refractivity contribution in [3.63, 3.8) is 0 Å². The van der Waals surface area contributed by atoms with Gasteiger partial charge in [-0.05, 0) is 45.2 Å². The number of carbonyl (C=O) groups is 1. The average Bonchev–Trinajstić information content (AvgIpc) is 3.15. The summed E-state index contributed by atoms with van der Waals surface area (Å²) >= 11 is 0. The molecular weight excluding hydrogens is 358 g/mol. The van der Waals surface area contributed by atoms with Gasteiger partial charge in [0.2, 0.25) is 5.91 Å². The molecule has 1 amide bonds. The van der Waals surface area contributed by atoms with E-state index in [1.54, 1.807) is 39.4 Å². The molecule has 1 aliphatic heterocycles. The summed E-state index contributed by atoms with van der Waals surface area (Å²) in [5.41, 5.74) is 1.08. The van der Waals surface area contributed by atoms with Crippen LogP contribution in [0.5, 0.6) is 0 Å². The number of amides is 1. The second kappa shape index (κ2) is 7.10. The summed E-state index contributed by atoms with van der Waals surface area (Å²) in [6.07, 6.45) is 6.34. The molecule has 8 heteroatoms. The van der Waals surface area contributed by atoms with Gasteiger partial charge < -0.3 is 20.1 Å². The molecular formula is C20H27N5O3. The first-order valence-corrected chi connectivity index (χ1v) is 9.51. The maximum absolute atomic E-state index is 12.1. The first-order valence-electron chi connectivity index (χ1n) is 9.51. The molecule has 8 nitrogen and oxygen atoms in total. The third-order valence-corrected chi connectivity index (χ3v) is 5.41. The zero-order valence-corrected chi connectivity index (χ0v) is 16.3. The Balaban J connectivity index is 0.00000240. The summed E-state index contributed by atoms with van der Waals surface area (Å²) in [5.74, 6) is 1.10. The molecule has 0 bridgehead atoms. The van der Waals surface area contributed by atoms with Crippen molar-refractivity contribution in [2.45, 2.75) is 50.9 Å². The van der Waals surface area contributed by atoms with Gasteiger partial charge in [0.1, 0.15) is 5.60 Å². The van der Waals surface area contributed by atoms with Crippen LogP contribution < -0.4 is 10.2 Å². The van der Waals surface area contributed by atoms with Crippen molar-refractivity contribution in [2.75, 3.05) is 23.9 Å². The van der Waals surface area contributed by atoms with Crippen LogP contribution in [0.25, 0.3) is 11.3 Å². The van der Waals surface area contributed by atoms with E-state index in [9.17, 15) is 9.90 Å². The fourth-order valence-corrected chi connectivity index (χ4v) is 3.83. The number of hydrogen-bond acceptors (Lipinski definition) is 7. The van der Waals surface area contributed by atoms with Gasteiger partial charge in [-0.1, -0.05) is 0 Å². The number of anilines is 2. The highest BCUT2D eigenvalue weighted by Gasteiger charge is 2.35. The Kier molecular flexibility index (Phi) is 4.76. The normalized spacial score (nSPS) is 22.1. The number of methoxy groups -OCH3 is 1. The average molecular weight is 385 g/mol. The minimum absolute atomic E-state index is 0. The number of aliphatic hydroxyl groups is 1. The second-order valence-corrected chi connectivity index (χ2v) is 7.92. The van der Waals surface area contributed by atoms with Crippen LogP contribution in [0.3, 0.4) is 0 Å². The molecule has 4 rings (SSSR count). The molecule has 0 spiro atoms. The first kappa shape index (κ1) is 18.8. The number of nitrogens with zero attached hydrogens (tertiary/aromatic N) is 4. The SMILES string of the molecule is CO[C@H]1CC[C@@H](N2CC(=O)Nc3ncc(-c4ccc(C(C)(C)O)nc4)nc32)C1.[HH]. The highest BCUT2D eigenvalue weighted by molar-refractivity contribution is 5.99. The van der Waals surface area contributed by atoms with Crippen LogP contribution >= 0.6 is 0 Å². The molecule has 2 aliphatic rings. The van der Waals surface area contributed by atoms with Crippen LogP contribution in [-0.4, -0.2) is 51.8 Å². The molecule has 2 N–H and O–H groups in total. The molecule has 2 aromatic rings. The number of fused-ring (bicyclic) bond motifs is 1. The van der Waals surface area contributed by atoms with Crippen molar-refractivity contribution < 1.29 is 16.1 Å². The van der Waals surface area contributed by atoms with Gasteiger partial charge in [0.05, 0.1) is 30.2 Å². The quantitative estimate of drug-likeness (QED) is 0.833. The van der Waals surface area contributed by atoms with E-state index in [0.717, 1.165) is 24.8 Å². The molecule has 0 saturated heterocycles. The zero-order valence-electron chi connectivity index (χ0n) is 16.3. The number of ether oxygens (including phenoxy) is 1. The molecule has 28 heavy (non-hydrogen) atoms. The number of nitrogens with one attached hydrogen (secondary N) is 1. The highest BCUT2D eigenvalue weighted by Crippen LogP contribution is 2.35. The van der Waals surface area contributed by atoms with Crippen molar-refractivity contribution in [3.05, 3.63) is 30.2 Å². The summed E-state index contributed by atoms with van der Waals surface area (Å²) in [6.45, 7) is 3.66. The lowest BCUT2D eigenvalue weighted by Crippen LogP contribution is -2.44. The summed E-state index contributed by atoms with van der Waals surface area (Å²) in [4.78, 5) is 27.8. The third-order valence-electron chi connectivity index (χ3n) is 5.41. The van der Waals surface area contributed by atoms with Gasteiger partial charge in [-0.25, -0.2) is 9.97 Å². The van der Waals surface area contributed by atoms with Gasteiger partial charge in [-0.15, -0.1) is 0 Å². The van der Waals surface area contributed by atoms with E-state index in [1.165, 1.54) is 0 Å². The van der Waals surface area contributed by atoms with Crippen LogP contribution in [-0.2, 0) is 15.1 Å². The van der Waals surface area contributed by atoms with E-state index in [-0.39, 0.29) is 26.0 Å². The zero-order chi connectivity index (χ0) is 19.9. The molecule has 1 aliphatic carbocycles. The summed E-state index contributed by atoms with van der Waals surface area (Å²) in [6, 6.07) is 3.87. The molecule has 0 radical (unpaired) electrons. The topological polar surface area (TPSA) is 100 Å². The third kappa shape index (κ3) is 3.57. The molecule has 2 aromatic heterocycles. The standard InChI is InChI=1S/C20H25N5O3.H2/c1-20(2,27)16-7-4-12(9-21-16)15-10-22-18-19(23-15)25(11-17(26)24-18)13-5-6-14(8-13)28-3;/h4,7,9-10,13-14,27H,5-6,8,11H2,1-3H3,(H,22,24,26);1H/t13-,14+;/m1./s1. The van der Waals surface area contributed by atoms with Gasteiger partial charge in [-0.3, -0.25) is 9.78 Å². The number of hydrogen-bond donors (Lipinski definition) is 2. The summed E-state index contributed by atoms with van der Waals surface area (Å²) < 4.78 is 5.49. The number of pyridine rings is 1. The minimum atomic E-state index is -0.999. The predicted molar refractivity (Wildman–Crippen MR) is 107 cm³/mol. The summed E-state index contributed by atoms with van der Waals surface area (Å²) in [7, 11) is 1.73. The molecule has 2 atom stereocenters. The maximum Gasteiger partial charge on any atom is 0.245 e. The second-order valence-electron chi connectivity index (χ2n) is 7.92. The summed E-state index contributed by atoms with van der Waals surface area (Å²) in [5, 5.41) is 12.9. The number of carbonyl (C=O) groups excluding carboxylic acids is 1. The van der Waals surface area contributed by atoms with Crippen LogP contribution in [0.2, 0.25) is 0 Å². The molecule has 150 valence electrons. The van der Waals surface area contributed by atoms with Crippen LogP contribution in [0.4, 0.5) is 11.6 Å². The van der Waals surface area contributed by atoms with Crippen molar-refractivity contribution in [2.24, 2.45) is 0 Å². The van der Waals surface area contributed by atoms with E-state index in [2.05, 4.69) is 15.3 Å². The molecule has 0 unspecified atom stereocenters. The van der Waals surface area contributed by atoms with Gasteiger partial charge >= 0.3 is 0 Å². The number of aromatic nitrogens is 3. The Bertz CT molecular complexity index is 885. The maximum atomic E-state index is 12.1. The van der Waals surface area contributed by atoms with E-state index < -0.39 is 5.60 Å². The van der Waals surface area contributed by atoms with Gasteiger partial charge in [0.25, 0.3) is 0 Å². The van der Waals surface area contributed by atoms with Crippen molar-refractivity contribution >= 4 is 17.5 Å². The van der Waals surface area contributed by atoms with Crippen molar-refractivity contribution in [1.29, 1.82) is 0 Å². The van der Waals surface area contributed by atoms with Crippen LogP contribution in [0.1, 0.15) is 40.2 Å². The molecule has 1 saturated carbocycles. The highest BCUT2D eigenvalue weighted by atomic mass is 16.5. The Morgan fingerprint density at radius 3 is 2.75 bits per heavy atom. The largest absolute Gasteiger partial charge is 0.384 e. The molecule has 3 heterocycles. The monoisotopic (exact) mass is 385 g/mol. The van der Waals surface area contributed by atoms with Crippen LogP contribution in [0.15, 0.2) is 24.5 Å². The molecule has 1 fully saturated rings. The lowest BCUT2D eigenvalue weighted by Gasteiger charge is -2.34. The minimum Gasteiger partial charge on any atom is -0.384 e. The van der Waals surface area contributed by atoms with Crippen LogP contribution in [0, 0.1) is 0 Å².